The Kier molecular flexibility index (Phi) is 5.42. The summed E-state index contributed by atoms with van der Waals surface area (Å²) in [6.07, 6.45) is 9.56. The average Bonchev–Trinajstić information content (AvgIpc) is 3.04. The van der Waals surface area contributed by atoms with Crippen molar-refractivity contribution in [3.63, 3.8) is 0 Å². The van der Waals surface area contributed by atoms with E-state index in [1.807, 2.05) is 0 Å². The maximum absolute atomic E-state index is 12.7. The molecule has 1 aromatic rings. The zero-order chi connectivity index (χ0) is 15.9. The van der Waals surface area contributed by atoms with Gasteiger partial charge in [0.05, 0.1) is 6.54 Å². The zero-order valence-corrected chi connectivity index (χ0v) is 12.3. The Bertz CT molecular complexity index is 585. The van der Waals surface area contributed by atoms with Crippen LogP contribution in [0.1, 0.15) is 36.0 Å². The molecule has 1 saturated carbocycles. The summed E-state index contributed by atoms with van der Waals surface area (Å²) >= 11 is 0. The molecule has 0 bridgehead atoms. The number of hydrogen-bond donors (Lipinski definition) is 1. The van der Waals surface area contributed by atoms with Crippen LogP contribution in [0, 0.1) is 12.3 Å². The van der Waals surface area contributed by atoms with Crippen LogP contribution in [-0.2, 0) is 4.79 Å². The first-order valence-corrected chi connectivity index (χ1v) is 7.31. The van der Waals surface area contributed by atoms with Gasteiger partial charge in [-0.15, -0.1) is 6.42 Å². The Labute approximate surface area is 129 Å². The van der Waals surface area contributed by atoms with Crippen molar-refractivity contribution < 1.29 is 19.4 Å². The van der Waals surface area contributed by atoms with Crippen molar-refractivity contribution in [2.24, 2.45) is 0 Å². The first-order chi connectivity index (χ1) is 10.6. The van der Waals surface area contributed by atoms with Crippen molar-refractivity contribution in [3.05, 3.63) is 29.8 Å². The number of benzene rings is 1. The molecule has 1 fully saturated rings. The summed E-state index contributed by atoms with van der Waals surface area (Å²) in [6.45, 7) is -0.155. The second-order valence-corrected chi connectivity index (χ2v) is 5.29. The standard InChI is InChI=1S/C17H19NO4/c1-2-10-18(14-7-3-4-8-14)17(21)13-6-5-9-15(11-13)22-12-16(19)20/h1,5-6,9,11,14H,3-4,7-8,10,12H2,(H,19,20). The minimum Gasteiger partial charge on any atom is -0.482 e. The van der Waals surface area contributed by atoms with Crippen molar-refractivity contribution in [2.45, 2.75) is 31.7 Å². The lowest BCUT2D eigenvalue weighted by atomic mass is 10.1. The number of amides is 1. The SMILES string of the molecule is C#CCN(C(=O)c1cccc(OCC(=O)O)c1)C1CCCC1. The predicted octanol–water partition coefficient (Wildman–Crippen LogP) is 2.17. The number of carbonyl (C=O) groups excluding carboxylic acids is 1. The first-order valence-electron chi connectivity index (χ1n) is 7.31. The molecule has 1 N–H and O–H groups in total. The number of ether oxygens (including phenoxy) is 1. The van der Waals surface area contributed by atoms with Gasteiger partial charge < -0.3 is 14.7 Å². The first kappa shape index (κ1) is 15.9. The molecule has 0 saturated heterocycles. The van der Waals surface area contributed by atoms with E-state index < -0.39 is 12.6 Å². The fraction of sp³-hybridized carbons (Fsp3) is 0.412. The van der Waals surface area contributed by atoms with E-state index in [0.29, 0.717) is 11.3 Å². The van der Waals surface area contributed by atoms with Crippen LogP contribution in [-0.4, -0.2) is 41.1 Å². The van der Waals surface area contributed by atoms with E-state index in [1.54, 1.807) is 29.2 Å². The molecule has 0 heterocycles. The number of carbonyl (C=O) groups is 2. The summed E-state index contributed by atoms with van der Waals surface area (Å²) in [5.41, 5.74) is 0.463. The van der Waals surface area contributed by atoms with E-state index in [-0.39, 0.29) is 18.5 Å². The average molecular weight is 301 g/mol. The fourth-order valence-electron chi connectivity index (χ4n) is 2.71. The van der Waals surface area contributed by atoms with Crippen molar-refractivity contribution in [2.75, 3.05) is 13.2 Å². The molecule has 0 radical (unpaired) electrons. The summed E-state index contributed by atoms with van der Waals surface area (Å²) in [5.74, 6) is 1.72. The van der Waals surface area contributed by atoms with Crippen molar-refractivity contribution in [3.8, 4) is 18.1 Å². The third-order valence-corrected chi connectivity index (χ3v) is 3.73. The number of aliphatic carboxylic acids is 1. The Morgan fingerprint density at radius 1 is 1.36 bits per heavy atom. The fourth-order valence-corrected chi connectivity index (χ4v) is 2.71. The van der Waals surface area contributed by atoms with Gasteiger partial charge in [0.1, 0.15) is 5.75 Å². The van der Waals surface area contributed by atoms with Gasteiger partial charge in [-0.3, -0.25) is 4.79 Å². The van der Waals surface area contributed by atoms with E-state index in [0.717, 1.165) is 25.7 Å². The summed E-state index contributed by atoms with van der Waals surface area (Å²) < 4.78 is 5.11. The van der Waals surface area contributed by atoms with E-state index in [4.69, 9.17) is 16.3 Å². The maximum atomic E-state index is 12.7. The Hall–Kier alpha value is -2.48. The molecule has 0 aromatic heterocycles. The molecule has 0 spiro atoms. The van der Waals surface area contributed by atoms with Crippen LogP contribution in [0.3, 0.4) is 0 Å². The van der Waals surface area contributed by atoms with Crippen molar-refractivity contribution >= 4 is 11.9 Å². The van der Waals surface area contributed by atoms with Gasteiger partial charge in [0.15, 0.2) is 6.61 Å². The van der Waals surface area contributed by atoms with E-state index in [9.17, 15) is 9.59 Å². The number of nitrogens with zero attached hydrogens (tertiary/aromatic N) is 1. The van der Waals surface area contributed by atoms with Gasteiger partial charge in [-0.1, -0.05) is 24.8 Å². The predicted molar refractivity (Wildman–Crippen MR) is 81.7 cm³/mol. The van der Waals surface area contributed by atoms with Crippen LogP contribution in [0.2, 0.25) is 0 Å². The molecule has 116 valence electrons. The molecule has 1 aromatic carbocycles. The maximum Gasteiger partial charge on any atom is 0.341 e. The molecule has 0 unspecified atom stereocenters. The molecule has 1 amide bonds. The molecule has 5 nitrogen and oxygen atoms in total. The van der Waals surface area contributed by atoms with Gasteiger partial charge >= 0.3 is 5.97 Å². The summed E-state index contributed by atoms with van der Waals surface area (Å²) in [4.78, 5) is 24.9. The van der Waals surface area contributed by atoms with Gasteiger partial charge in [-0.2, -0.15) is 0 Å². The van der Waals surface area contributed by atoms with Crippen LogP contribution in [0.25, 0.3) is 0 Å². The molecule has 22 heavy (non-hydrogen) atoms. The summed E-state index contributed by atoms with van der Waals surface area (Å²) in [7, 11) is 0. The molecule has 0 aliphatic heterocycles. The Morgan fingerprint density at radius 2 is 2.09 bits per heavy atom. The lowest BCUT2D eigenvalue weighted by Crippen LogP contribution is -2.39. The topological polar surface area (TPSA) is 66.8 Å². The molecule has 2 rings (SSSR count). The number of carboxylic acid groups (broad SMARTS) is 1. The highest BCUT2D eigenvalue weighted by Crippen LogP contribution is 2.25. The molecule has 1 aliphatic rings. The number of hydrogen-bond acceptors (Lipinski definition) is 3. The molecular weight excluding hydrogens is 282 g/mol. The summed E-state index contributed by atoms with van der Waals surface area (Å²) in [5, 5.41) is 8.63. The van der Waals surface area contributed by atoms with Crippen LogP contribution in [0.15, 0.2) is 24.3 Å². The van der Waals surface area contributed by atoms with Crippen LogP contribution in [0.5, 0.6) is 5.75 Å². The lowest BCUT2D eigenvalue weighted by molar-refractivity contribution is -0.139. The van der Waals surface area contributed by atoms with Gasteiger partial charge in [-0.25, -0.2) is 4.79 Å². The Balaban J connectivity index is 2.14. The molecular formula is C17H19NO4. The lowest BCUT2D eigenvalue weighted by Gasteiger charge is -2.27. The van der Waals surface area contributed by atoms with Crippen molar-refractivity contribution in [1.29, 1.82) is 0 Å². The van der Waals surface area contributed by atoms with E-state index in [2.05, 4.69) is 5.92 Å². The minimum absolute atomic E-state index is 0.134. The molecule has 0 atom stereocenters. The van der Waals surface area contributed by atoms with Gasteiger partial charge in [0, 0.05) is 11.6 Å². The van der Waals surface area contributed by atoms with Gasteiger partial charge in [-0.05, 0) is 31.0 Å². The second kappa shape index (κ2) is 7.51. The number of rotatable bonds is 6. The van der Waals surface area contributed by atoms with Gasteiger partial charge in [0.25, 0.3) is 5.91 Å². The monoisotopic (exact) mass is 301 g/mol. The third-order valence-electron chi connectivity index (χ3n) is 3.73. The quantitative estimate of drug-likeness (QED) is 0.818. The zero-order valence-electron chi connectivity index (χ0n) is 12.3. The van der Waals surface area contributed by atoms with Crippen LogP contribution in [0.4, 0.5) is 0 Å². The summed E-state index contributed by atoms with van der Waals surface area (Å²) in [6, 6.07) is 6.73. The molecule has 5 heteroatoms. The normalized spacial score (nSPS) is 14.3. The highest BCUT2D eigenvalue weighted by atomic mass is 16.5. The number of carboxylic acids is 1. The highest BCUT2D eigenvalue weighted by molar-refractivity contribution is 5.95. The largest absolute Gasteiger partial charge is 0.482 e. The number of terminal acetylenes is 1. The van der Waals surface area contributed by atoms with Crippen molar-refractivity contribution in [1.82, 2.24) is 4.90 Å². The van der Waals surface area contributed by atoms with E-state index >= 15 is 0 Å². The third kappa shape index (κ3) is 4.01. The van der Waals surface area contributed by atoms with E-state index in [1.165, 1.54) is 0 Å². The van der Waals surface area contributed by atoms with Crippen LogP contribution < -0.4 is 4.74 Å². The van der Waals surface area contributed by atoms with Crippen LogP contribution >= 0.6 is 0 Å². The Morgan fingerprint density at radius 3 is 2.73 bits per heavy atom. The minimum atomic E-state index is -1.06. The smallest absolute Gasteiger partial charge is 0.341 e. The molecule has 1 aliphatic carbocycles. The second-order valence-electron chi connectivity index (χ2n) is 5.29. The highest BCUT2D eigenvalue weighted by Gasteiger charge is 2.26. The van der Waals surface area contributed by atoms with Gasteiger partial charge in [0.2, 0.25) is 0 Å².